The van der Waals surface area contributed by atoms with Gasteiger partial charge in [0.1, 0.15) is 0 Å². The second kappa shape index (κ2) is 3.16. The van der Waals surface area contributed by atoms with Gasteiger partial charge in [-0.2, -0.15) is 5.10 Å². The van der Waals surface area contributed by atoms with E-state index >= 15 is 0 Å². The zero-order valence-corrected chi connectivity index (χ0v) is 6.71. The summed E-state index contributed by atoms with van der Waals surface area (Å²) in [5.74, 6) is 0. The Balaban J connectivity index is 2.42. The number of aliphatic imine (C=N–C) groups is 1. The van der Waals surface area contributed by atoms with E-state index in [0.717, 1.165) is 11.2 Å². The van der Waals surface area contributed by atoms with Crippen LogP contribution < -0.4 is 0 Å². The molecule has 0 aliphatic rings. The normalized spacial score (nSPS) is 9.85. The monoisotopic (exact) mass is 174 g/mol. The molecule has 5 nitrogen and oxygen atoms in total. The highest BCUT2D eigenvalue weighted by molar-refractivity contribution is 5.37. The van der Waals surface area contributed by atoms with Crippen LogP contribution in [0.2, 0.25) is 0 Å². The van der Waals surface area contributed by atoms with E-state index in [0.29, 0.717) is 6.54 Å². The van der Waals surface area contributed by atoms with Gasteiger partial charge in [0.15, 0.2) is 5.65 Å². The van der Waals surface area contributed by atoms with Gasteiger partial charge < -0.3 is 0 Å². The van der Waals surface area contributed by atoms with Gasteiger partial charge in [-0.15, -0.1) is 0 Å². The summed E-state index contributed by atoms with van der Waals surface area (Å²) in [7, 11) is 0. The van der Waals surface area contributed by atoms with Gasteiger partial charge in [0, 0.05) is 24.0 Å². The number of carbonyl (C=O) groups excluding carboxylic acids is 1. The fraction of sp³-hybridized carbons (Fsp3) is 0.125. The smallest absolute Gasteiger partial charge is 0.235 e. The summed E-state index contributed by atoms with van der Waals surface area (Å²) in [6.45, 7) is 0.298. The molecule has 2 aromatic rings. The van der Waals surface area contributed by atoms with Crippen molar-refractivity contribution in [3.63, 3.8) is 0 Å². The van der Waals surface area contributed by atoms with E-state index < -0.39 is 0 Å². The number of fused-ring (bicyclic) bond motifs is 1. The molecule has 0 saturated heterocycles. The van der Waals surface area contributed by atoms with Crippen molar-refractivity contribution in [1.82, 2.24) is 14.6 Å². The van der Waals surface area contributed by atoms with Crippen molar-refractivity contribution in [2.75, 3.05) is 0 Å². The Labute approximate surface area is 73.7 Å². The van der Waals surface area contributed by atoms with E-state index in [9.17, 15) is 4.79 Å². The van der Waals surface area contributed by atoms with Gasteiger partial charge in [-0.05, 0) is 0 Å². The van der Waals surface area contributed by atoms with E-state index in [1.165, 1.54) is 6.08 Å². The number of rotatable bonds is 2. The third-order valence-corrected chi connectivity index (χ3v) is 1.63. The summed E-state index contributed by atoms with van der Waals surface area (Å²) in [6, 6.07) is 1.80. The number of hydrogen-bond donors (Lipinski definition) is 0. The van der Waals surface area contributed by atoms with Gasteiger partial charge in [0.2, 0.25) is 6.08 Å². The molecule has 0 aliphatic carbocycles. The fourth-order valence-corrected chi connectivity index (χ4v) is 1.05. The lowest BCUT2D eigenvalue weighted by molar-refractivity contribution is 0.562. The number of isocyanates is 1. The summed E-state index contributed by atoms with van der Waals surface area (Å²) >= 11 is 0. The van der Waals surface area contributed by atoms with Crippen LogP contribution in [-0.4, -0.2) is 20.7 Å². The third-order valence-electron chi connectivity index (χ3n) is 1.63. The summed E-state index contributed by atoms with van der Waals surface area (Å²) in [5, 5.41) is 4.00. The van der Waals surface area contributed by atoms with Crippen molar-refractivity contribution in [2.45, 2.75) is 6.54 Å². The van der Waals surface area contributed by atoms with E-state index in [1.54, 1.807) is 29.2 Å². The van der Waals surface area contributed by atoms with Gasteiger partial charge in [-0.1, -0.05) is 0 Å². The second-order valence-electron chi connectivity index (χ2n) is 2.50. The van der Waals surface area contributed by atoms with E-state index in [1.807, 2.05) is 0 Å². The first-order valence-electron chi connectivity index (χ1n) is 3.72. The fourth-order valence-electron chi connectivity index (χ4n) is 1.05. The minimum atomic E-state index is 0.298. The molecule has 5 heteroatoms. The van der Waals surface area contributed by atoms with E-state index in [-0.39, 0.29) is 0 Å². The first kappa shape index (κ1) is 7.64. The van der Waals surface area contributed by atoms with Crippen molar-refractivity contribution < 1.29 is 4.79 Å². The molecule has 2 rings (SSSR count). The van der Waals surface area contributed by atoms with Crippen LogP contribution in [0.4, 0.5) is 0 Å². The molecule has 0 amide bonds. The van der Waals surface area contributed by atoms with Crippen LogP contribution in [0.3, 0.4) is 0 Å². The van der Waals surface area contributed by atoms with E-state index in [2.05, 4.69) is 15.1 Å². The largest absolute Gasteiger partial charge is 0.237 e. The Bertz CT molecular complexity index is 470. The lowest BCUT2D eigenvalue weighted by Gasteiger charge is -1.95. The summed E-state index contributed by atoms with van der Waals surface area (Å²) in [4.78, 5) is 17.4. The van der Waals surface area contributed by atoms with Crippen LogP contribution in [0.25, 0.3) is 5.65 Å². The van der Waals surface area contributed by atoms with Crippen molar-refractivity contribution >= 4 is 11.7 Å². The number of aromatic nitrogens is 3. The summed E-state index contributed by atoms with van der Waals surface area (Å²) < 4.78 is 1.63. The average Bonchev–Trinajstić information content (AvgIpc) is 2.61. The average molecular weight is 174 g/mol. The lowest BCUT2D eigenvalue weighted by Crippen LogP contribution is -1.92. The van der Waals surface area contributed by atoms with Crippen LogP contribution >= 0.6 is 0 Å². The van der Waals surface area contributed by atoms with Crippen molar-refractivity contribution in [1.29, 1.82) is 0 Å². The van der Waals surface area contributed by atoms with Crippen molar-refractivity contribution in [3.05, 3.63) is 30.2 Å². The molecule has 0 atom stereocenters. The Morgan fingerprint density at radius 3 is 3.38 bits per heavy atom. The Hall–Kier alpha value is -2.00. The highest BCUT2D eigenvalue weighted by atomic mass is 16.1. The van der Waals surface area contributed by atoms with Crippen LogP contribution in [-0.2, 0) is 11.3 Å². The minimum absolute atomic E-state index is 0.298. The third kappa shape index (κ3) is 1.45. The molecule has 0 saturated carbocycles. The molecule has 0 aliphatic heterocycles. The molecule has 0 spiro atoms. The first-order chi connectivity index (χ1) is 6.40. The highest BCUT2D eigenvalue weighted by Crippen LogP contribution is 2.02. The molecule has 0 fully saturated rings. The zero-order chi connectivity index (χ0) is 9.10. The molecule has 0 bridgehead atoms. The molecule has 0 radical (unpaired) electrons. The maximum absolute atomic E-state index is 9.86. The Morgan fingerprint density at radius 2 is 2.54 bits per heavy atom. The summed E-state index contributed by atoms with van der Waals surface area (Å²) in [6.07, 6.45) is 6.58. The van der Waals surface area contributed by atoms with Gasteiger partial charge in [0.25, 0.3) is 0 Å². The Kier molecular flexibility index (Phi) is 1.86. The molecule has 2 aromatic heterocycles. The topological polar surface area (TPSA) is 59.6 Å². The number of nitrogens with zero attached hydrogens (tertiary/aromatic N) is 4. The molecular formula is C8H6N4O. The predicted octanol–water partition coefficient (Wildman–Crippen LogP) is 0.565. The predicted molar refractivity (Wildman–Crippen MR) is 44.8 cm³/mol. The number of hydrogen-bond acceptors (Lipinski definition) is 4. The molecular weight excluding hydrogens is 168 g/mol. The Morgan fingerprint density at radius 1 is 1.62 bits per heavy atom. The zero-order valence-electron chi connectivity index (χ0n) is 6.71. The second-order valence-corrected chi connectivity index (χ2v) is 2.50. The molecule has 64 valence electrons. The van der Waals surface area contributed by atoms with Crippen molar-refractivity contribution in [2.24, 2.45) is 4.99 Å². The maximum Gasteiger partial charge on any atom is 0.235 e. The van der Waals surface area contributed by atoms with Gasteiger partial charge in [-0.25, -0.2) is 19.3 Å². The van der Waals surface area contributed by atoms with Crippen LogP contribution in [0, 0.1) is 0 Å². The van der Waals surface area contributed by atoms with Crippen LogP contribution in [0.5, 0.6) is 0 Å². The molecule has 0 aromatic carbocycles. The van der Waals surface area contributed by atoms with Crippen LogP contribution in [0.1, 0.15) is 5.56 Å². The molecule has 13 heavy (non-hydrogen) atoms. The quantitative estimate of drug-likeness (QED) is 0.493. The maximum atomic E-state index is 9.86. The molecule has 0 unspecified atom stereocenters. The standard InChI is InChI=1S/C8H6N4O/c13-6-9-3-7-4-10-8-1-2-11-12(8)5-7/h1-2,4-5H,3H2. The molecule has 0 N–H and O–H groups in total. The lowest BCUT2D eigenvalue weighted by atomic mass is 10.3. The van der Waals surface area contributed by atoms with Gasteiger partial charge in [-0.3, -0.25) is 0 Å². The molecule has 2 heterocycles. The summed E-state index contributed by atoms with van der Waals surface area (Å²) in [5.41, 5.74) is 1.61. The van der Waals surface area contributed by atoms with Crippen LogP contribution in [0.15, 0.2) is 29.6 Å². The van der Waals surface area contributed by atoms with E-state index in [4.69, 9.17) is 0 Å². The first-order valence-corrected chi connectivity index (χ1v) is 3.72. The highest BCUT2D eigenvalue weighted by Gasteiger charge is 1.96. The van der Waals surface area contributed by atoms with Crippen molar-refractivity contribution in [3.8, 4) is 0 Å². The van der Waals surface area contributed by atoms with Gasteiger partial charge in [0.05, 0.1) is 12.7 Å². The SMILES string of the molecule is O=C=NCc1cnc2ccnn2c1. The minimum Gasteiger partial charge on any atom is -0.237 e. The van der Waals surface area contributed by atoms with Gasteiger partial charge >= 0.3 is 0 Å².